The molecule has 158 valence electrons. The molecule has 0 amide bonds. The molecule has 1 aromatic carbocycles. The van der Waals surface area contributed by atoms with Gasteiger partial charge in [0.1, 0.15) is 0 Å². The summed E-state index contributed by atoms with van der Waals surface area (Å²) in [5.41, 5.74) is 0.0920. The first-order chi connectivity index (χ1) is 13.3. The van der Waals surface area contributed by atoms with Gasteiger partial charge in [0.05, 0.1) is 24.8 Å². The van der Waals surface area contributed by atoms with E-state index in [1.165, 1.54) is 12.1 Å². The van der Waals surface area contributed by atoms with Crippen LogP contribution in [0.1, 0.15) is 37.3 Å². The van der Waals surface area contributed by atoms with Crippen molar-refractivity contribution in [1.82, 2.24) is 15.5 Å². The zero-order valence-corrected chi connectivity index (χ0v) is 16.9. The lowest BCUT2D eigenvalue weighted by atomic mass is 9.96. The molecule has 1 saturated heterocycles. The molecular formula is C20H31F3N4O. The number of rotatable bonds is 7. The number of likely N-dealkylation sites (N-methyl/N-ethyl adjacent to an activating group) is 1. The lowest BCUT2D eigenvalue weighted by Crippen LogP contribution is -2.43. The first-order valence-corrected chi connectivity index (χ1v) is 9.79. The van der Waals surface area contributed by atoms with E-state index >= 15 is 0 Å². The van der Waals surface area contributed by atoms with Gasteiger partial charge in [0.25, 0.3) is 0 Å². The summed E-state index contributed by atoms with van der Waals surface area (Å²) in [6.07, 6.45) is -3.53. The molecule has 2 N–H and O–H groups in total. The fraction of sp³-hybridized carbons (Fsp3) is 0.650. The van der Waals surface area contributed by atoms with Crippen LogP contribution in [0, 0.1) is 0 Å². The van der Waals surface area contributed by atoms with Gasteiger partial charge in [-0.3, -0.25) is 4.99 Å². The highest BCUT2D eigenvalue weighted by molar-refractivity contribution is 5.79. The van der Waals surface area contributed by atoms with E-state index in [2.05, 4.69) is 27.6 Å². The molecule has 8 heteroatoms. The number of guanidine groups is 1. The summed E-state index contributed by atoms with van der Waals surface area (Å²) < 4.78 is 44.4. The average Bonchev–Trinajstić information content (AvgIpc) is 2.65. The second-order valence-corrected chi connectivity index (χ2v) is 7.21. The van der Waals surface area contributed by atoms with Crippen LogP contribution in [0.15, 0.2) is 29.3 Å². The molecule has 1 fully saturated rings. The summed E-state index contributed by atoms with van der Waals surface area (Å²) in [6, 6.07) is 5.56. The van der Waals surface area contributed by atoms with Crippen molar-refractivity contribution in [2.24, 2.45) is 4.99 Å². The van der Waals surface area contributed by atoms with Gasteiger partial charge in [-0.25, -0.2) is 0 Å². The second-order valence-electron chi connectivity index (χ2n) is 7.21. The average molecular weight is 400 g/mol. The number of morpholine rings is 1. The van der Waals surface area contributed by atoms with Crippen LogP contribution in [0.25, 0.3) is 0 Å². The Morgan fingerprint density at radius 1 is 1.36 bits per heavy atom. The quantitative estimate of drug-likeness (QED) is 0.546. The Bertz CT molecular complexity index is 636. The fourth-order valence-electron chi connectivity index (χ4n) is 3.11. The third-order valence-electron chi connectivity index (χ3n) is 4.79. The maximum absolute atomic E-state index is 12.9. The van der Waals surface area contributed by atoms with Crippen LogP contribution in [-0.4, -0.2) is 63.3 Å². The van der Waals surface area contributed by atoms with Crippen LogP contribution in [0.3, 0.4) is 0 Å². The number of benzene rings is 1. The molecule has 2 atom stereocenters. The molecule has 0 saturated carbocycles. The van der Waals surface area contributed by atoms with Gasteiger partial charge in [0, 0.05) is 26.2 Å². The number of nitrogens with one attached hydrogen (secondary N) is 2. The molecule has 1 aliphatic rings. The minimum atomic E-state index is -4.31. The second kappa shape index (κ2) is 10.7. The monoisotopic (exact) mass is 400 g/mol. The van der Waals surface area contributed by atoms with Crippen molar-refractivity contribution in [2.45, 2.75) is 38.5 Å². The van der Waals surface area contributed by atoms with Gasteiger partial charge in [-0.2, -0.15) is 13.2 Å². The van der Waals surface area contributed by atoms with E-state index < -0.39 is 11.7 Å². The number of hydrogen-bond acceptors (Lipinski definition) is 3. The van der Waals surface area contributed by atoms with Crippen molar-refractivity contribution in [3.05, 3.63) is 35.4 Å². The minimum absolute atomic E-state index is 0.00741. The van der Waals surface area contributed by atoms with Crippen molar-refractivity contribution in [3.63, 3.8) is 0 Å². The molecule has 0 bridgehead atoms. The van der Waals surface area contributed by atoms with Gasteiger partial charge < -0.3 is 20.3 Å². The molecular weight excluding hydrogens is 369 g/mol. The maximum atomic E-state index is 12.9. The topological polar surface area (TPSA) is 48.9 Å². The number of aliphatic imine (C=N–C) groups is 1. The highest BCUT2D eigenvalue weighted by atomic mass is 19.4. The van der Waals surface area contributed by atoms with Gasteiger partial charge in [-0.05, 0) is 37.9 Å². The Morgan fingerprint density at radius 2 is 2.14 bits per heavy atom. The molecule has 0 spiro atoms. The fourth-order valence-corrected chi connectivity index (χ4v) is 3.11. The van der Waals surface area contributed by atoms with Crippen molar-refractivity contribution in [1.29, 1.82) is 0 Å². The van der Waals surface area contributed by atoms with E-state index in [0.29, 0.717) is 31.0 Å². The summed E-state index contributed by atoms with van der Waals surface area (Å²) in [4.78, 5) is 6.80. The first-order valence-electron chi connectivity index (χ1n) is 9.79. The lowest BCUT2D eigenvalue weighted by Gasteiger charge is -2.29. The SMILES string of the molecule is CCNC(=NCC1CN(C)CCO1)NCCC(C)c1cccc(C(F)(F)F)c1. The predicted molar refractivity (Wildman–Crippen MR) is 106 cm³/mol. The van der Waals surface area contributed by atoms with Crippen LogP contribution in [0.2, 0.25) is 0 Å². The number of halogens is 3. The number of ether oxygens (including phenoxy) is 1. The Labute approximate surface area is 165 Å². The molecule has 2 unspecified atom stereocenters. The zero-order valence-electron chi connectivity index (χ0n) is 16.9. The van der Waals surface area contributed by atoms with Crippen LogP contribution >= 0.6 is 0 Å². The van der Waals surface area contributed by atoms with Crippen molar-refractivity contribution in [3.8, 4) is 0 Å². The maximum Gasteiger partial charge on any atom is 0.416 e. The third kappa shape index (κ3) is 7.31. The highest BCUT2D eigenvalue weighted by Crippen LogP contribution is 2.31. The summed E-state index contributed by atoms with van der Waals surface area (Å²) in [5, 5.41) is 6.46. The van der Waals surface area contributed by atoms with E-state index in [4.69, 9.17) is 4.74 Å². The number of hydrogen-bond donors (Lipinski definition) is 2. The van der Waals surface area contributed by atoms with Crippen LogP contribution in [0.5, 0.6) is 0 Å². The van der Waals surface area contributed by atoms with Crippen molar-refractivity contribution >= 4 is 5.96 Å². The van der Waals surface area contributed by atoms with E-state index in [-0.39, 0.29) is 12.0 Å². The van der Waals surface area contributed by atoms with E-state index in [0.717, 1.165) is 32.3 Å². The van der Waals surface area contributed by atoms with E-state index in [1.807, 2.05) is 13.8 Å². The standard InChI is InChI=1S/C20H31F3N4O/c1-4-24-19(26-13-18-14-27(3)10-11-28-18)25-9-8-15(2)16-6-5-7-17(12-16)20(21,22)23/h5-7,12,15,18H,4,8-11,13-14H2,1-3H3,(H2,24,25,26). The predicted octanol–water partition coefficient (Wildman–Crippen LogP) is 3.08. The van der Waals surface area contributed by atoms with Gasteiger partial charge in [0.15, 0.2) is 5.96 Å². The molecule has 28 heavy (non-hydrogen) atoms. The summed E-state index contributed by atoms with van der Waals surface area (Å²) in [6.45, 7) is 8.37. The number of nitrogens with zero attached hydrogens (tertiary/aromatic N) is 2. The molecule has 1 aliphatic heterocycles. The first kappa shape index (κ1) is 22.5. The molecule has 5 nitrogen and oxygen atoms in total. The lowest BCUT2D eigenvalue weighted by molar-refractivity contribution is -0.137. The Balaban J connectivity index is 1.85. The van der Waals surface area contributed by atoms with Crippen molar-refractivity contribution in [2.75, 3.05) is 46.4 Å². The normalized spacial score (nSPS) is 20.1. The van der Waals surface area contributed by atoms with Gasteiger partial charge >= 0.3 is 6.18 Å². The highest BCUT2D eigenvalue weighted by Gasteiger charge is 2.30. The van der Waals surface area contributed by atoms with Gasteiger partial charge in [0.2, 0.25) is 0 Å². The minimum Gasteiger partial charge on any atom is -0.374 e. The molecule has 1 aromatic rings. The van der Waals surface area contributed by atoms with Gasteiger partial charge in [-0.15, -0.1) is 0 Å². The number of alkyl halides is 3. The molecule has 0 radical (unpaired) electrons. The summed E-state index contributed by atoms with van der Waals surface area (Å²) in [5.74, 6) is 0.712. The smallest absolute Gasteiger partial charge is 0.374 e. The largest absolute Gasteiger partial charge is 0.416 e. The zero-order chi connectivity index (χ0) is 20.6. The van der Waals surface area contributed by atoms with Gasteiger partial charge in [-0.1, -0.05) is 25.1 Å². The van der Waals surface area contributed by atoms with E-state index in [1.54, 1.807) is 6.07 Å². The van der Waals surface area contributed by atoms with Crippen molar-refractivity contribution < 1.29 is 17.9 Å². The molecule has 0 aromatic heterocycles. The molecule has 2 rings (SSSR count). The third-order valence-corrected chi connectivity index (χ3v) is 4.79. The Kier molecular flexibility index (Phi) is 8.57. The van der Waals surface area contributed by atoms with Crippen LogP contribution in [0.4, 0.5) is 13.2 Å². The Morgan fingerprint density at radius 3 is 2.82 bits per heavy atom. The summed E-state index contributed by atoms with van der Waals surface area (Å²) in [7, 11) is 2.07. The van der Waals surface area contributed by atoms with Crippen LogP contribution in [-0.2, 0) is 10.9 Å². The Hall–Kier alpha value is -1.80. The molecule has 1 heterocycles. The van der Waals surface area contributed by atoms with E-state index in [9.17, 15) is 13.2 Å². The summed E-state index contributed by atoms with van der Waals surface area (Å²) >= 11 is 0. The van der Waals surface area contributed by atoms with Crippen LogP contribution < -0.4 is 10.6 Å². The molecule has 0 aliphatic carbocycles.